The first-order valence-electron chi connectivity index (χ1n) is 11.4. The van der Waals surface area contributed by atoms with Gasteiger partial charge in [0, 0.05) is 29.4 Å². The molecular formula is C26H36O4. The molecule has 1 unspecified atom stereocenters. The number of fused-ring (bicyclic) bond motifs is 1. The first kappa shape index (κ1) is 21.3. The highest BCUT2D eigenvalue weighted by molar-refractivity contribution is 6.02. The van der Waals surface area contributed by atoms with Gasteiger partial charge >= 0.3 is 0 Å². The Morgan fingerprint density at radius 2 is 1.87 bits per heavy atom. The standard InChI is InChI=1S/C26H36O4/c1-14(2)10-17(27)21-18(28)11-19-22(23(21)29)20(15-8-7-9-15)16-12-25(3,4)13-26(5,6)24(16)30-19/h11,14-15,20,28-29H,7-10,12-13H2,1-6H3. The fraction of sp³-hybridized carbons (Fsp3) is 0.654. The smallest absolute Gasteiger partial charge is 0.170 e. The summed E-state index contributed by atoms with van der Waals surface area (Å²) in [4.78, 5) is 12.9. The molecule has 3 aliphatic rings. The zero-order chi connectivity index (χ0) is 22.0. The van der Waals surface area contributed by atoms with E-state index in [4.69, 9.17) is 4.74 Å². The van der Waals surface area contributed by atoms with Crippen LogP contribution in [0.5, 0.6) is 17.2 Å². The van der Waals surface area contributed by atoms with E-state index < -0.39 is 0 Å². The van der Waals surface area contributed by atoms with E-state index in [0.717, 1.165) is 37.0 Å². The zero-order valence-electron chi connectivity index (χ0n) is 19.3. The molecule has 1 atom stereocenters. The van der Waals surface area contributed by atoms with Gasteiger partial charge in [-0.05, 0) is 48.5 Å². The van der Waals surface area contributed by atoms with E-state index in [0.29, 0.717) is 18.1 Å². The number of carbonyl (C=O) groups excluding carboxylic acids is 1. The molecule has 1 aromatic rings. The minimum atomic E-state index is -0.209. The summed E-state index contributed by atoms with van der Waals surface area (Å²) in [5.41, 5.74) is 2.10. The van der Waals surface area contributed by atoms with Gasteiger partial charge in [-0.25, -0.2) is 0 Å². The molecule has 1 aliphatic heterocycles. The van der Waals surface area contributed by atoms with Crippen LogP contribution in [-0.2, 0) is 0 Å². The molecule has 4 heteroatoms. The Hall–Kier alpha value is -1.97. The van der Waals surface area contributed by atoms with Crippen molar-refractivity contribution >= 4 is 5.78 Å². The Morgan fingerprint density at radius 1 is 1.20 bits per heavy atom. The lowest BCUT2D eigenvalue weighted by molar-refractivity contribution is 0.0960. The van der Waals surface area contributed by atoms with Gasteiger partial charge in [-0.2, -0.15) is 0 Å². The number of hydrogen-bond donors (Lipinski definition) is 2. The maximum Gasteiger partial charge on any atom is 0.170 e. The molecule has 0 radical (unpaired) electrons. The van der Waals surface area contributed by atoms with E-state index >= 15 is 0 Å². The van der Waals surface area contributed by atoms with Crippen LogP contribution in [0, 0.1) is 22.7 Å². The average molecular weight is 413 g/mol. The third kappa shape index (κ3) is 3.42. The van der Waals surface area contributed by atoms with Gasteiger partial charge in [0.05, 0.1) is 0 Å². The number of carbonyl (C=O) groups is 1. The third-order valence-electron chi connectivity index (χ3n) is 7.17. The van der Waals surface area contributed by atoms with Crippen LogP contribution < -0.4 is 4.74 Å². The monoisotopic (exact) mass is 412 g/mol. The number of benzene rings is 1. The van der Waals surface area contributed by atoms with Crippen molar-refractivity contribution in [1.29, 1.82) is 0 Å². The number of Topliss-reactive ketones (excluding diaryl/α,β-unsaturated/α-hetero) is 1. The predicted octanol–water partition coefficient (Wildman–Crippen LogP) is 6.70. The van der Waals surface area contributed by atoms with Crippen LogP contribution in [-0.4, -0.2) is 16.0 Å². The Bertz CT molecular complexity index is 915. The Kier molecular flexibility index (Phi) is 4.99. The van der Waals surface area contributed by atoms with Crippen molar-refractivity contribution in [2.24, 2.45) is 22.7 Å². The van der Waals surface area contributed by atoms with E-state index in [2.05, 4.69) is 27.7 Å². The number of phenols is 2. The maximum absolute atomic E-state index is 12.9. The average Bonchev–Trinajstić information content (AvgIpc) is 2.51. The summed E-state index contributed by atoms with van der Waals surface area (Å²) in [6.45, 7) is 13.0. The number of ether oxygens (including phenoxy) is 1. The molecule has 0 saturated heterocycles. The molecule has 0 bridgehead atoms. The van der Waals surface area contributed by atoms with Gasteiger partial charge in [-0.1, -0.05) is 48.0 Å². The molecule has 1 fully saturated rings. The first-order valence-corrected chi connectivity index (χ1v) is 11.4. The van der Waals surface area contributed by atoms with E-state index in [9.17, 15) is 15.0 Å². The highest BCUT2D eigenvalue weighted by atomic mass is 16.5. The fourth-order valence-electron chi connectivity index (χ4n) is 6.18. The lowest BCUT2D eigenvalue weighted by Gasteiger charge is -2.50. The highest BCUT2D eigenvalue weighted by Crippen LogP contribution is 2.62. The van der Waals surface area contributed by atoms with E-state index in [-0.39, 0.29) is 45.5 Å². The van der Waals surface area contributed by atoms with E-state index in [1.54, 1.807) is 6.07 Å². The zero-order valence-corrected chi connectivity index (χ0v) is 19.3. The quantitative estimate of drug-likeness (QED) is 0.540. The van der Waals surface area contributed by atoms with E-state index in [1.165, 1.54) is 12.0 Å². The number of rotatable bonds is 4. The van der Waals surface area contributed by atoms with Gasteiger partial charge in [0.2, 0.25) is 0 Å². The Balaban J connectivity index is 1.90. The third-order valence-corrected chi connectivity index (χ3v) is 7.17. The molecule has 1 aromatic carbocycles. The van der Waals surface area contributed by atoms with Gasteiger partial charge in [0.1, 0.15) is 28.6 Å². The largest absolute Gasteiger partial charge is 0.507 e. The van der Waals surface area contributed by atoms with Crippen molar-refractivity contribution in [2.75, 3.05) is 0 Å². The SMILES string of the molecule is CC(C)CC(=O)c1c(O)cc2c(c1O)C(C1CCC1)C1=C(O2)C(C)(C)CC(C)(C)C1. The van der Waals surface area contributed by atoms with Crippen molar-refractivity contribution < 1.29 is 19.7 Å². The topological polar surface area (TPSA) is 66.8 Å². The summed E-state index contributed by atoms with van der Waals surface area (Å²) < 4.78 is 6.42. The second kappa shape index (κ2) is 7.03. The number of ketones is 1. The number of aromatic hydroxyl groups is 2. The molecule has 4 nitrogen and oxygen atoms in total. The maximum atomic E-state index is 12.9. The van der Waals surface area contributed by atoms with Crippen molar-refractivity contribution in [1.82, 2.24) is 0 Å². The van der Waals surface area contributed by atoms with Gasteiger partial charge in [0.25, 0.3) is 0 Å². The summed E-state index contributed by atoms with van der Waals surface area (Å²) in [5.74, 6) is 1.73. The molecule has 0 amide bonds. The Labute approximate surface area is 180 Å². The molecule has 1 heterocycles. The minimum absolute atomic E-state index is 0.0579. The lowest BCUT2D eigenvalue weighted by atomic mass is 9.58. The molecule has 2 aliphatic carbocycles. The van der Waals surface area contributed by atoms with Gasteiger partial charge in [-0.15, -0.1) is 0 Å². The van der Waals surface area contributed by atoms with Crippen molar-refractivity contribution in [3.63, 3.8) is 0 Å². The molecule has 2 N–H and O–H groups in total. The van der Waals surface area contributed by atoms with Crippen LogP contribution in [0.3, 0.4) is 0 Å². The summed E-state index contributed by atoms with van der Waals surface area (Å²) in [6, 6.07) is 1.56. The van der Waals surface area contributed by atoms with Gasteiger partial charge < -0.3 is 14.9 Å². The van der Waals surface area contributed by atoms with Crippen LogP contribution in [0.2, 0.25) is 0 Å². The molecular weight excluding hydrogens is 376 g/mol. The lowest BCUT2D eigenvalue weighted by Crippen LogP contribution is -2.39. The van der Waals surface area contributed by atoms with Crippen molar-refractivity contribution in [2.45, 2.75) is 86.0 Å². The highest BCUT2D eigenvalue weighted by Gasteiger charge is 2.49. The van der Waals surface area contributed by atoms with Crippen LogP contribution in [0.15, 0.2) is 17.4 Å². The van der Waals surface area contributed by atoms with Crippen molar-refractivity contribution in [3.05, 3.63) is 28.5 Å². The fourth-order valence-corrected chi connectivity index (χ4v) is 6.18. The molecule has 0 aromatic heterocycles. The predicted molar refractivity (Wildman–Crippen MR) is 118 cm³/mol. The molecule has 30 heavy (non-hydrogen) atoms. The second-order valence-electron chi connectivity index (χ2n) is 11.6. The molecule has 4 rings (SSSR count). The van der Waals surface area contributed by atoms with Crippen LogP contribution in [0.4, 0.5) is 0 Å². The van der Waals surface area contributed by atoms with Crippen LogP contribution in [0.25, 0.3) is 0 Å². The van der Waals surface area contributed by atoms with Crippen molar-refractivity contribution in [3.8, 4) is 17.2 Å². The van der Waals surface area contributed by atoms with Gasteiger partial charge in [0.15, 0.2) is 5.78 Å². The number of hydrogen-bond acceptors (Lipinski definition) is 4. The number of phenolic OH excluding ortho intramolecular Hbond substituents is 2. The molecule has 164 valence electrons. The minimum Gasteiger partial charge on any atom is -0.507 e. The summed E-state index contributed by atoms with van der Waals surface area (Å²) in [5, 5.41) is 22.0. The van der Waals surface area contributed by atoms with Crippen LogP contribution >= 0.6 is 0 Å². The number of allylic oxidation sites excluding steroid dienone is 2. The van der Waals surface area contributed by atoms with E-state index in [1.807, 2.05) is 13.8 Å². The molecule has 0 spiro atoms. The summed E-state index contributed by atoms with van der Waals surface area (Å²) in [6.07, 6.45) is 5.69. The van der Waals surface area contributed by atoms with Gasteiger partial charge in [-0.3, -0.25) is 4.79 Å². The molecule has 1 saturated carbocycles. The Morgan fingerprint density at radius 3 is 2.43 bits per heavy atom. The summed E-state index contributed by atoms with van der Waals surface area (Å²) in [7, 11) is 0. The summed E-state index contributed by atoms with van der Waals surface area (Å²) >= 11 is 0. The van der Waals surface area contributed by atoms with Crippen LogP contribution in [0.1, 0.15) is 102 Å². The second-order valence-corrected chi connectivity index (χ2v) is 11.6. The first-order chi connectivity index (χ1) is 13.9. The normalized spacial score (nSPS) is 24.7.